The molecule has 1 aliphatic rings. The molecule has 0 spiro atoms. The summed E-state index contributed by atoms with van der Waals surface area (Å²) < 4.78 is 6.47. The lowest BCUT2D eigenvalue weighted by Gasteiger charge is -2.28. The van der Waals surface area contributed by atoms with Crippen molar-refractivity contribution in [3.05, 3.63) is 35.0 Å². The van der Waals surface area contributed by atoms with Crippen molar-refractivity contribution in [2.75, 3.05) is 37.8 Å². The Balaban J connectivity index is 1.86. The monoisotopic (exact) mass is 400 g/mol. The fourth-order valence-electron chi connectivity index (χ4n) is 3.21. The first-order chi connectivity index (χ1) is 13.5. The number of rotatable bonds is 5. The Hall–Kier alpha value is -2.13. The maximum absolute atomic E-state index is 10.5. The fourth-order valence-corrected chi connectivity index (χ4v) is 4.33. The van der Waals surface area contributed by atoms with E-state index in [4.69, 9.17) is 14.7 Å². The van der Waals surface area contributed by atoms with Gasteiger partial charge in [0.2, 0.25) is 0 Å². The van der Waals surface area contributed by atoms with Crippen molar-refractivity contribution in [3.8, 4) is 11.4 Å². The van der Waals surface area contributed by atoms with Crippen molar-refractivity contribution in [2.24, 2.45) is 0 Å². The summed E-state index contributed by atoms with van der Waals surface area (Å²) in [5, 5.41) is 19.7. The van der Waals surface area contributed by atoms with E-state index >= 15 is 0 Å². The molecule has 7 nitrogen and oxygen atoms in total. The second-order valence-electron chi connectivity index (χ2n) is 7.41. The average molecular weight is 401 g/mol. The minimum atomic E-state index is -0.934. The Labute approximate surface area is 167 Å². The van der Waals surface area contributed by atoms with Crippen molar-refractivity contribution in [1.82, 2.24) is 15.0 Å². The molecular weight excluding hydrogens is 376 g/mol. The number of aliphatic hydroxyl groups is 2. The van der Waals surface area contributed by atoms with E-state index < -0.39 is 5.60 Å². The number of thiophene rings is 1. The molecule has 0 radical (unpaired) electrons. The number of ether oxygens (including phenoxy) is 1. The summed E-state index contributed by atoms with van der Waals surface area (Å²) >= 11 is 1.53. The Morgan fingerprint density at radius 3 is 2.68 bits per heavy atom. The molecule has 148 valence electrons. The molecule has 3 aromatic heterocycles. The van der Waals surface area contributed by atoms with E-state index in [0.29, 0.717) is 25.5 Å². The van der Waals surface area contributed by atoms with Gasteiger partial charge in [-0.05, 0) is 38.0 Å². The molecule has 0 saturated carbocycles. The Kier molecular flexibility index (Phi) is 5.29. The maximum Gasteiger partial charge on any atom is 0.163 e. The molecule has 28 heavy (non-hydrogen) atoms. The van der Waals surface area contributed by atoms with Crippen molar-refractivity contribution in [3.63, 3.8) is 0 Å². The molecule has 4 rings (SSSR count). The van der Waals surface area contributed by atoms with E-state index in [2.05, 4.69) is 9.88 Å². The molecule has 0 aliphatic carbocycles. The minimum absolute atomic E-state index is 0.0729. The normalized spacial score (nSPS) is 15.4. The molecule has 3 aromatic rings. The second-order valence-corrected chi connectivity index (χ2v) is 8.46. The number of anilines is 1. The van der Waals surface area contributed by atoms with Crippen molar-refractivity contribution >= 4 is 27.4 Å². The number of aliphatic hydroxyl groups excluding tert-OH is 1. The first-order valence-electron chi connectivity index (χ1n) is 9.38. The molecule has 0 atom stereocenters. The van der Waals surface area contributed by atoms with Gasteiger partial charge in [-0.15, -0.1) is 11.3 Å². The zero-order valence-corrected chi connectivity index (χ0v) is 16.9. The van der Waals surface area contributed by atoms with Crippen LogP contribution in [0.5, 0.6) is 0 Å². The van der Waals surface area contributed by atoms with Crippen LogP contribution >= 0.6 is 11.3 Å². The number of fused-ring (bicyclic) bond motifs is 1. The topological polar surface area (TPSA) is 91.6 Å². The quantitative estimate of drug-likeness (QED) is 0.679. The highest BCUT2D eigenvalue weighted by Crippen LogP contribution is 2.38. The number of morpholine rings is 1. The summed E-state index contributed by atoms with van der Waals surface area (Å²) in [6, 6.07) is 3.91. The highest BCUT2D eigenvalue weighted by atomic mass is 32.1. The summed E-state index contributed by atoms with van der Waals surface area (Å²) in [4.78, 5) is 17.0. The lowest BCUT2D eigenvalue weighted by atomic mass is 10.1. The summed E-state index contributed by atoms with van der Waals surface area (Å²) in [5.74, 6) is 1.47. The van der Waals surface area contributed by atoms with Gasteiger partial charge in [-0.3, -0.25) is 4.98 Å². The van der Waals surface area contributed by atoms with Gasteiger partial charge in [0, 0.05) is 42.5 Å². The Morgan fingerprint density at radius 2 is 1.96 bits per heavy atom. The van der Waals surface area contributed by atoms with Crippen LogP contribution in [0.3, 0.4) is 0 Å². The summed E-state index contributed by atoms with van der Waals surface area (Å²) in [7, 11) is 0. The maximum atomic E-state index is 10.5. The van der Waals surface area contributed by atoms with Crippen LogP contribution in [0.25, 0.3) is 21.6 Å². The van der Waals surface area contributed by atoms with Crippen LogP contribution < -0.4 is 4.90 Å². The highest BCUT2D eigenvalue weighted by Gasteiger charge is 2.24. The van der Waals surface area contributed by atoms with Crippen LogP contribution in [0.1, 0.15) is 24.3 Å². The van der Waals surface area contributed by atoms with Gasteiger partial charge in [-0.25, -0.2) is 9.97 Å². The predicted octanol–water partition coefficient (Wildman–Crippen LogP) is 2.35. The molecule has 0 amide bonds. The summed E-state index contributed by atoms with van der Waals surface area (Å²) in [6.07, 6.45) is 4.03. The van der Waals surface area contributed by atoms with Crippen LogP contribution in [0.4, 0.5) is 5.82 Å². The zero-order chi connectivity index (χ0) is 19.7. The minimum Gasteiger partial charge on any atom is -0.396 e. The van der Waals surface area contributed by atoms with Gasteiger partial charge in [0.15, 0.2) is 11.6 Å². The van der Waals surface area contributed by atoms with E-state index in [-0.39, 0.29) is 6.61 Å². The van der Waals surface area contributed by atoms with Gasteiger partial charge in [0.05, 0.1) is 29.0 Å². The van der Waals surface area contributed by atoms with Gasteiger partial charge in [-0.2, -0.15) is 0 Å². The predicted molar refractivity (Wildman–Crippen MR) is 110 cm³/mol. The molecule has 1 fully saturated rings. The van der Waals surface area contributed by atoms with E-state index in [1.807, 2.05) is 12.1 Å². The first kappa shape index (κ1) is 19.2. The fraction of sp³-hybridized carbons (Fsp3) is 0.450. The highest BCUT2D eigenvalue weighted by molar-refractivity contribution is 7.19. The van der Waals surface area contributed by atoms with Gasteiger partial charge in [0.25, 0.3) is 0 Å². The SMILES string of the molecule is CC(C)(O)c1cc2nc(-c3cncc(CCO)c3)nc(N3CCOCC3)c2s1. The van der Waals surface area contributed by atoms with Crippen molar-refractivity contribution < 1.29 is 14.9 Å². The molecule has 1 saturated heterocycles. The van der Waals surface area contributed by atoms with E-state index in [1.54, 1.807) is 26.2 Å². The third-order valence-electron chi connectivity index (χ3n) is 4.72. The van der Waals surface area contributed by atoms with Crippen molar-refractivity contribution in [1.29, 1.82) is 0 Å². The Morgan fingerprint density at radius 1 is 1.18 bits per heavy atom. The van der Waals surface area contributed by atoms with E-state index in [0.717, 1.165) is 45.1 Å². The van der Waals surface area contributed by atoms with Crippen LogP contribution in [0.15, 0.2) is 24.5 Å². The molecule has 2 N–H and O–H groups in total. The van der Waals surface area contributed by atoms with Crippen LogP contribution in [0, 0.1) is 0 Å². The number of nitrogens with zero attached hydrogens (tertiary/aromatic N) is 4. The number of hydrogen-bond donors (Lipinski definition) is 2. The lowest BCUT2D eigenvalue weighted by molar-refractivity contribution is 0.0826. The summed E-state index contributed by atoms with van der Waals surface area (Å²) in [6.45, 7) is 6.50. The molecule has 0 bridgehead atoms. The van der Waals surface area contributed by atoms with Crippen molar-refractivity contribution in [2.45, 2.75) is 25.9 Å². The number of hydrogen-bond acceptors (Lipinski definition) is 8. The largest absolute Gasteiger partial charge is 0.396 e. The third-order valence-corrected chi connectivity index (χ3v) is 6.15. The van der Waals surface area contributed by atoms with E-state index in [9.17, 15) is 10.2 Å². The second kappa shape index (κ2) is 7.71. The van der Waals surface area contributed by atoms with Crippen LogP contribution in [-0.4, -0.2) is 58.1 Å². The lowest BCUT2D eigenvalue weighted by Crippen LogP contribution is -2.36. The first-order valence-corrected chi connectivity index (χ1v) is 10.2. The molecular formula is C20H24N4O3S. The molecule has 8 heteroatoms. The molecule has 0 unspecified atom stereocenters. The van der Waals surface area contributed by atoms with Crippen LogP contribution in [0.2, 0.25) is 0 Å². The van der Waals surface area contributed by atoms with Gasteiger partial charge in [-0.1, -0.05) is 0 Å². The van der Waals surface area contributed by atoms with Gasteiger partial charge in [0.1, 0.15) is 0 Å². The third kappa shape index (κ3) is 3.86. The zero-order valence-electron chi connectivity index (χ0n) is 16.1. The Bertz CT molecular complexity index is 977. The number of pyridine rings is 1. The molecule has 1 aliphatic heterocycles. The van der Waals surface area contributed by atoms with Crippen LogP contribution in [-0.2, 0) is 16.8 Å². The molecule has 4 heterocycles. The smallest absolute Gasteiger partial charge is 0.163 e. The standard InChI is InChI=1S/C20H24N4O3S/c1-20(2,26)16-10-15-17(28-16)19(24-4-7-27-8-5-24)23-18(22-15)14-9-13(3-6-25)11-21-12-14/h9-12,25-26H,3-8H2,1-2H3. The van der Waals surface area contributed by atoms with Gasteiger partial charge < -0.3 is 19.8 Å². The molecule has 0 aromatic carbocycles. The number of aromatic nitrogens is 3. The van der Waals surface area contributed by atoms with E-state index in [1.165, 1.54) is 11.3 Å². The summed E-state index contributed by atoms with van der Waals surface area (Å²) in [5.41, 5.74) is 1.65. The average Bonchev–Trinajstić information content (AvgIpc) is 3.13. The van der Waals surface area contributed by atoms with Gasteiger partial charge >= 0.3 is 0 Å².